The zero-order chi connectivity index (χ0) is 17.9. The van der Waals surface area contributed by atoms with Gasteiger partial charge in [-0.05, 0) is 44.0 Å². The average Bonchev–Trinajstić information content (AvgIpc) is 2.81. The number of nitrogens with one attached hydrogen (secondary N) is 1. The second-order valence-corrected chi connectivity index (χ2v) is 7.39. The van der Waals surface area contributed by atoms with Crippen molar-refractivity contribution in [3.63, 3.8) is 0 Å². The average molecular weight is 352 g/mol. The Kier molecular flexibility index (Phi) is 5.56. The molecule has 0 unspecified atom stereocenters. The van der Waals surface area contributed by atoms with E-state index in [9.17, 15) is 8.42 Å². The maximum absolute atomic E-state index is 12.4. The highest BCUT2D eigenvalue weighted by Gasteiger charge is 2.17. The standard InChI is InChI=1S/C17H24N2O4S/c1-12-10-14(13(2)19(12)3)8-9-18-24(20,21)15-6-7-16(22-4)17(11-15)23-5/h6-7,10-11,18H,8-9H2,1-5H3. The van der Waals surface area contributed by atoms with E-state index in [0.29, 0.717) is 24.5 Å². The third kappa shape index (κ3) is 3.73. The first-order valence-corrected chi connectivity index (χ1v) is 9.12. The summed E-state index contributed by atoms with van der Waals surface area (Å²) >= 11 is 0. The monoisotopic (exact) mass is 352 g/mol. The van der Waals surface area contributed by atoms with Gasteiger partial charge in [0.05, 0.1) is 19.1 Å². The van der Waals surface area contributed by atoms with E-state index in [2.05, 4.69) is 15.4 Å². The van der Waals surface area contributed by atoms with Crippen molar-refractivity contribution in [2.45, 2.75) is 25.2 Å². The molecule has 132 valence electrons. The molecule has 0 aliphatic carbocycles. The van der Waals surface area contributed by atoms with Crippen molar-refractivity contribution in [2.24, 2.45) is 7.05 Å². The lowest BCUT2D eigenvalue weighted by Crippen LogP contribution is -2.26. The molecule has 0 bridgehead atoms. The smallest absolute Gasteiger partial charge is 0.240 e. The van der Waals surface area contributed by atoms with Gasteiger partial charge in [0.25, 0.3) is 0 Å². The number of rotatable bonds is 7. The van der Waals surface area contributed by atoms with Gasteiger partial charge >= 0.3 is 0 Å². The summed E-state index contributed by atoms with van der Waals surface area (Å²) in [5.41, 5.74) is 3.45. The zero-order valence-corrected chi connectivity index (χ0v) is 15.5. The van der Waals surface area contributed by atoms with Crippen LogP contribution >= 0.6 is 0 Å². The van der Waals surface area contributed by atoms with E-state index in [1.807, 2.05) is 20.9 Å². The van der Waals surface area contributed by atoms with Crippen molar-refractivity contribution >= 4 is 10.0 Å². The molecule has 6 nitrogen and oxygen atoms in total. The summed E-state index contributed by atoms with van der Waals surface area (Å²) in [5, 5.41) is 0. The van der Waals surface area contributed by atoms with Crippen molar-refractivity contribution in [1.29, 1.82) is 0 Å². The summed E-state index contributed by atoms with van der Waals surface area (Å²) in [5.74, 6) is 0.877. The Balaban J connectivity index is 2.10. The van der Waals surface area contributed by atoms with Gasteiger partial charge in [-0.3, -0.25) is 0 Å². The number of aryl methyl sites for hydroxylation is 1. The van der Waals surface area contributed by atoms with Crippen LogP contribution in [0.15, 0.2) is 29.2 Å². The first kappa shape index (κ1) is 18.4. The second kappa shape index (κ2) is 7.27. The Morgan fingerprint density at radius 3 is 2.29 bits per heavy atom. The summed E-state index contributed by atoms with van der Waals surface area (Å²) in [4.78, 5) is 0.154. The Morgan fingerprint density at radius 2 is 1.75 bits per heavy atom. The molecule has 2 rings (SSSR count). The zero-order valence-electron chi connectivity index (χ0n) is 14.7. The number of nitrogens with zero attached hydrogens (tertiary/aromatic N) is 1. The Labute approximate surface area is 143 Å². The van der Waals surface area contributed by atoms with Crippen molar-refractivity contribution < 1.29 is 17.9 Å². The SMILES string of the molecule is COc1ccc(S(=O)(=O)NCCc2cc(C)n(C)c2C)cc1OC. The van der Waals surface area contributed by atoms with Gasteiger partial charge in [0.1, 0.15) is 0 Å². The lowest BCUT2D eigenvalue weighted by atomic mass is 10.2. The van der Waals surface area contributed by atoms with Crippen molar-refractivity contribution in [2.75, 3.05) is 20.8 Å². The number of sulfonamides is 1. The number of hydrogen-bond donors (Lipinski definition) is 1. The summed E-state index contributed by atoms with van der Waals surface area (Å²) in [6, 6.07) is 6.62. The summed E-state index contributed by atoms with van der Waals surface area (Å²) in [6.07, 6.45) is 0.639. The van der Waals surface area contributed by atoms with Crippen LogP contribution in [0.2, 0.25) is 0 Å². The lowest BCUT2D eigenvalue weighted by molar-refractivity contribution is 0.354. The largest absolute Gasteiger partial charge is 0.493 e. The summed E-state index contributed by atoms with van der Waals surface area (Å²) in [7, 11) is 1.39. The minimum Gasteiger partial charge on any atom is -0.493 e. The van der Waals surface area contributed by atoms with Crippen LogP contribution in [-0.4, -0.2) is 33.7 Å². The number of benzene rings is 1. The third-order valence-corrected chi connectivity index (χ3v) is 5.69. The van der Waals surface area contributed by atoms with Crippen LogP contribution in [0.5, 0.6) is 11.5 Å². The molecule has 0 fully saturated rings. The van der Waals surface area contributed by atoms with Crippen LogP contribution in [0.4, 0.5) is 0 Å². The van der Waals surface area contributed by atoms with Gasteiger partial charge in [-0.15, -0.1) is 0 Å². The van der Waals surface area contributed by atoms with Gasteiger partial charge in [0.2, 0.25) is 10.0 Å². The maximum atomic E-state index is 12.4. The van der Waals surface area contributed by atoms with E-state index in [4.69, 9.17) is 9.47 Å². The lowest BCUT2D eigenvalue weighted by Gasteiger charge is -2.11. The molecule has 0 saturated carbocycles. The molecule has 0 aliphatic heterocycles. The second-order valence-electron chi connectivity index (χ2n) is 5.62. The Morgan fingerprint density at radius 1 is 1.08 bits per heavy atom. The minimum absolute atomic E-state index is 0.154. The molecule has 0 aliphatic rings. The van der Waals surface area contributed by atoms with Gasteiger partial charge in [0.15, 0.2) is 11.5 Å². The molecule has 0 amide bonds. The molecule has 0 saturated heterocycles. The van der Waals surface area contributed by atoms with Gasteiger partial charge in [-0.25, -0.2) is 13.1 Å². The van der Waals surface area contributed by atoms with Crippen LogP contribution in [-0.2, 0) is 23.5 Å². The van der Waals surface area contributed by atoms with E-state index < -0.39 is 10.0 Å². The van der Waals surface area contributed by atoms with E-state index in [1.54, 1.807) is 6.07 Å². The molecule has 2 aromatic rings. The molecule has 24 heavy (non-hydrogen) atoms. The maximum Gasteiger partial charge on any atom is 0.240 e. The molecule has 0 atom stereocenters. The van der Waals surface area contributed by atoms with Gasteiger partial charge in [-0.1, -0.05) is 0 Å². The summed E-state index contributed by atoms with van der Waals surface area (Å²) < 4.78 is 39.9. The topological polar surface area (TPSA) is 69.6 Å². The molecular formula is C17H24N2O4S. The molecule has 1 heterocycles. The van der Waals surface area contributed by atoms with E-state index in [1.165, 1.54) is 26.4 Å². The number of hydrogen-bond acceptors (Lipinski definition) is 4. The van der Waals surface area contributed by atoms with Crippen molar-refractivity contribution in [3.05, 3.63) is 41.2 Å². The molecular weight excluding hydrogens is 328 g/mol. The highest BCUT2D eigenvalue weighted by Crippen LogP contribution is 2.29. The molecule has 1 aromatic heterocycles. The van der Waals surface area contributed by atoms with Crippen molar-refractivity contribution in [3.8, 4) is 11.5 Å². The Bertz CT molecular complexity index is 825. The Hall–Kier alpha value is -1.99. The minimum atomic E-state index is -3.60. The van der Waals surface area contributed by atoms with Gasteiger partial charge in [0, 0.05) is 31.0 Å². The van der Waals surface area contributed by atoms with Crippen LogP contribution in [0.3, 0.4) is 0 Å². The highest BCUT2D eigenvalue weighted by atomic mass is 32.2. The van der Waals surface area contributed by atoms with Crippen LogP contribution < -0.4 is 14.2 Å². The number of ether oxygens (including phenoxy) is 2. The van der Waals surface area contributed by atoms with Gasteiger partial charge < -0.3 is 14.0 Å². The van der Waals surface area contributed by atoms with E-state index in [-0.39, 0.29) is 4.90 Å². The first-order chi connectivity index (χ1) is 11.3. The van der Waals surface area contributed by atoms with Gasteiger partial charge in [-0.2, -0.15) is 0 Å². The molecule has 1 aromatic carbocycles. The quantitative estimate of drug-likeness (QED) is 0.829. The van der Waals surface area contributed by atoms with Crippen LogP contribution in [0.25, 0.3) is 0 Å². The number of aromatic nitrogens is 1. The fourth-order valence-corrected chi connectivity index (χ4v) is 3.62. The molecule has 1 N–H and O–H groups in total. The van der Waals surface area contributed by atoms with Crippen LogP contribution in [0, 0.1) is 13.8 Å². The molecule has 0 radical (unpaired) electrons. The normalized spacial score (nSPS) is 11.5. The fraction of sp³-hybridized carbons (Fsp3) is 0.412. The molecule has 0 spiro atoms. The predicted octanol–water partition coefficient (Wildman–Crippen LogP) is 2.18. The fourth-order valence-electron chi connectivity index (χ4n) is 2.57. The predicted molar refractivity (Wildman–Crippen MR) is 93.3 cm³/mol. The molecule has 7 heteroatoms. The number of methoxy groups -OCH3 is 2. The first-order valence-electron chi connectivity index (χ1n) is 7.63. The van der Waals surface area contributed by atoms with E-state index in [0.717, 1.165) is 17.0 Å². The van der Waals surface area contributed by atoms with Crippen molar-refractivity contribution in [1.82, 2.24) is 9.29 Å². The van der Waals surface area contributed by atoms with Crippen LogP contribution in [0.1, 0.15) is 17.0 Å². The highest BCUT2D eigenvalue weighted by molar-refractivity contribution is 7.89. The van der Waals surface area contributed by atoms with E-state index >= 15 is 0 Å². The summed E-state index contributed by atoms with van der Waals surface area (Å²) in [6.45, 7) is 4.40. The third-order valence-electron chi connectivity index (χ3n) is 4.23.